The Balaban J connectivity index is 1.95. The molecule has 1 aromatic heterocycles. The van der Waals surface area contributed by atoms with Gasteiger partial charge in [-0.1, -0.05) is 6.07 Å². The molecule has 2 heteroatoms. The third-order valence-corrected chi connectivity index (χ3v) is 3.91. The Bertz CT molecular complexity index is 454. The van der Waals surface area contributed by atoms with Crippen LogP contribution in [0.2, 0.25) is 0 Å². The largest absolute Gasteiger partial charge is 0.371 e. The Morgan fingerprint density at radius 1 is 1.13 bits per heavy atom. The third-order valence-electron chi connectivity index (χ3n) is 3.10. The van der Waals surface area contributed by atoms with Crippen LogP contribution in [0.25, 0.3) is 10.1 Å². The van der Waals surface area contributed by atoms with Crippen LogP contribution in [0.15, 0.2) is 24.3 Å². The summed E-state index contributed by atoms with van der Waals surface area (Å²) in [6.07, 6.45) is 4.08. The molecule has 0 bridgehead atoms. The summed E-state index contributed by atoms with van der Waals surface area (Å²) in [6, 6.07) is 8.84. The van der Waals surface area contributed by atoms with E-state index in [4.69, 9.17) is 0 Å². The molecule has 0 atom stereocenters. The SMILES string of the molecule is [c]1cc2ccc(N3CCCCC3)cc2s1. The first-order valence-electron chi connectivity index (χ1n) is 5.58. The number of benzene rings is 1. The first kappa shape index (κ1) is 9.22. The molecule has 2 heterocycles. The van der Waals surface area contributed by atoms with Gasteiger partial charge in [0.15, 0.2) is 0 Å². The van der Waals surface area contributed by atoms with Crippen molar-refractivity contribution in [1.29, 1.82) is 0 Å². The Morgan fingerprint density at radius 3 is 2.87 bits per heavy atom. The van der Waals surface area contributed by atoms with Gasteiger partial charge < -0.3 is 4.90 Å². The van der Waals surface area contributed by atoms with Crippen molar-refractivity contribution in [1.82, 2.24) is 0 Å². The summed E-state index contributed by atoms with van der Waals surface area (Å²) in [7, 11) is 0. The van der Waals surface area contributed by atoms with Gasteiger partial charge in [0.05, 0.1) is 0 Å². The third kappa shape index (κ3) is 1.74. The van der Waals surface area contributed by atoms with E-state index in [1.807, 2.05) is 0 Å². The maximum atomic E-state index is 3.19. The normalized spacial score (nSPS) is 17.2. The second-order valence-corrected chi connectivity index (χ2v) is 5.01. The Kier molecular flexibility index (Phi) is 2.37. The lowest BCUT2D eigenvalue weighted by Crippen LogP contribution is -2.29. The number of hydrogen-bond acceptors (Lipinski definition) is 2. The van der Waals surface area contributed by atoms with E-state index in [2.05, 4.69) is 34.5 Å². The summed E-state index contributed by atoms with van der Waals surface area (Å²) < 4.78 is 1.36. The van der Waals surface area contributed by atoms with Crippen LogP contribution < -0.4 is 4.90 Å². The Morgan fingerprint density at radius 2 is 2.00 bits per heavy atom. The highest BCUT2D eigenvalue weighted by Crippen LogP contribution is 2.27. The van der Waals surface area contributed by atoms with Gasteiger partial charge in [-0.3, -0.25) is 0 Å². The molecule has 0 unspecified atom stereocenters. The smallest absolute Gasteiger partial charge is 0.0455 e. The molecule has 1 aliphatic heterocycles. The van der Waals surface area contributed by atoms with Gasteiger partial charge >= 0.3 is 0 Å². The van der Waals surface area contributed by atoms with Gasteiger partial charge in [0, 0.05) is 28.9 Å². The van der Waals surface area contributed by atoms with Crippen LogP contribution in [0.1, 0.15) is 19.3 Å². The number of anilines is 1. The molecule has 1 fully saturated rings. The number of thiophene rings is 1. The Labute approximate surface area is 94.3 Å². The minimum Gasteiger partial charge on any atom is -0.371 e. The van der Waals surface area contributed by atoms with Crippen molar-refractivity contribution >= 4 is 27.1 Å². The van der Waals surface area contributed by atoms with Gasteiger partial charge in [-0.05, 0) is 42.8 Å². The Hall–Kier alpha value is -1.02. The van der Waals surface area contributed by atoms with Crippen LogP contribution in [0.4, 0.5) is 5.69 Å². The number of rotatable bonds is 1. The lowest BCUT2D eigenvalue weighted by atomic mass is 10.1. The van der Waals surface area contributed by atoms with Gasteiger partial charge in [-0.2, -0.15) is 0 Å². The van der Waals surface area contributed by atoms with E-state index in [0.29, 0.717) is 0 Å². The maximum absolute atomic E-state index is 3.19. The standard InChI is InChI=1S/C13H14NS/c1-2-7-14(8-3-1)12-5-4-11-6-9-15-13(11)10-12/h4-6,10H,1-3,7-8H2. The van der Waals surface area contributed by atoms with Gasteiger partial charge in [-0.15, -0.1) is 11.3 Å². The number of hydrogen-bond donors (Lipinski definition) is 0. The molecule has 1 radical (unpaired) electrons. The summed E-state index contributed by atoms with van der Waals surface area (Å²) in [5.41, 5.74) is 1.39. The molecular formula is C13H14NS. The van der Waals surface area contributed by atoms with Gasteiger partial charge in [0.2, 0.25) is 0 Å². The molecule has 0 saturated carbocycles. The summed E-state index contributed by atoms with van der Waals surface area (Å²) in [5.74, 6) is 0. The van der Waals surface area contributed by atoms with Crippen LogP contribution in [-0.4, -0.2) is 13.1 Å². The van der Waals surface area contributed by atoms with Crippen LogP contribution in [0, 0.1) is 5.38 Å². The minimum atomic E-state index is 1.22. The molecule has 1 nitrogen and oxygen atoms in total. The maximum Gasteiger partial charge on any atom is 0.0455 e. The fraction of sp³-hybridized carbons (Fsp3) is 0.385. The molecule has 0 spiro atoms. The summed E-state index contributed by atoms with van der Waals surface area (Å²) in [4.78, 5) is 2.50. The molecule has 3 rings (SSSR count). The van der Waals surface area contributed by atoms with Crippen molar-refractivity contribution in [2.24, 2.45) is 0 Å². The van der Waals surface area contributed by atoms with Gasteiger partial charge in [0.1, 0.15) is 0 Å². The van der Waals surface area contributed by atoms with Crippen LogP contribution in [-0.2, 0) is 0 Å². The van der Waals surface area contributed by atoms with E-state index in [1.54, 1.807) is 11.3 Å². The van der Waals surface area contributed by atoms with E-state index >= 15 is 0 Å². The predicted molar refractivity (Wildman–Crippen MR) is 66.7 cm³/mol. The molecule has 0 amide bonds. The van der Waals surface area contributed by atoms with Crippen molar-refractivity contribution in [2.45, 2.75) is 19.3 Å². The zero-order valence-corrected chi connectivity index (χ0v) is 9.52. The predicted octanol–water partition coefficient (Wildman–Crippen LogP) is 3.69. The van der Waals surface area contributed by atoms with E-state index in [9.17, 15) is 0 Å². The van der Waals surface area contributed by atoms with Crippen molar-refractivity contribution in [3.05, 3.63) is 29.6 Å². The second-order valence-electron chi connectivity index (χ2n) is 4.13. The molecule has 0 N–H and O–H groups in total. The molecule has 1 aliphatic rings. The molecular weight excluding hydrogens is 202 g/mol. The van der Waals surface area contributed by atoms with Gasteiger partial charge in [0.25, 0.3) is 0 Å². The molecule has 2 aromatic rings. The second kappa shape index (κ2) is 3.86. The van der Waals surface area contributed by atoms with Crippen molar-refractivity contribution in [3.63, 3.8) is 0 Å². The average molecular weight is 216 g/mol. The zero-order valence-electron chi connectivity index (χ0n) is 8.70. The minimum absolute atomic E-state index is 1.22. The topological polar surface area (TPSA) is 3.24 Å². The van der Waals surface area contributed by atoms with E-state index < -0.39 is 0 Å². The van der Waals surface area contributed by atoms with Crippen LogP contribution in [0.5, 0.6) is 0 Å². The quantitative estimate of drug-likeness (QED) is 0.702. The highest BCUT2D eigenvalue weighted by molar-refractivity contribution is 7.16. The summed E-state index contributed by atoms with van der Waals surface area (Å²) >= 11 is 1.71. The highest BCUT2D eigenvalue weighted by Gasteiger charge is 2.11. The molecule has 1 saturated heterocycles. The monoisotopic (exact) mass is 216 g/mol. The van der Waals surface area contributed by atoms with Gasteiger partial charge in [-0.25, -0.2) is 0 Å². The first-order valence-corrected chi connectivity index (χ1v) is 6.40. The average Bonchev–Trinajstić information content (AvgIpc) is 2.77. The fourth-order valence-electron chi connectivity index (χ4n) is 2.24. The van der Waals surface area contributed by atoms with Crippen LogP contribution >= 0.6 is 11.3 Å². The number of nitrogens with zero attached hydrogens (tertiary/aromatic N) is 1. The zero-order chi connectivity index (χ0) is 10.1. The molecule has 0 aliphatic carbocycles. The van der Waals surface area contributed by atoms with E-state index in [-0.39, 0.29) is 0 Å². The van der Waals surface area contributed by atoms with Crippen molar-refractivity contribution in [3.8, 4) is 0 Å². The molecule has 1 aromatic carbocycles. The first-order chi connectivity index (χ1) is 7.43. The lowest BCUT2D eigenvalue weighted by molar-refractivity contribution is 0.578. The van der Waals surface area contributed by atoms with Crippen molar-refractivity contribution < 1.29 is 0 Å². The summed E-state index contributed by atoms with van der Waals surface area (Å²) in [6.45, 7) is 2.45. The molecule has 15 heavy (non-hydrogen) atoms. The number of piperidine rings is 1. The highest BCUT2D eigenvalue weighted by atomic mass is 32.1. The van der Waals surface area contributed by atoms with Crippen molar-refractivity contribution in [2.75, 3.05) is 18.0 Å². The molecule has 77 valence electrons. The summed E-state index contributed by atoms with van der Waals surface area (Å²) in [5, 5.41) is 4.51. The fourth-order valence-corrected chi connectivity index (χ4v) is 2.97. The van der Waals surface area contributed by atoms with Crippen LogP contribution in [0.3, 0.4) is 0 Å². The van der Waals surface area contributed by atoms with E-state index in [0.717, 1.165) is 0 Å². The van der Waals surface area contributed by atoms with E-state index in [1.165, 1.54) is 48.1 Å². The number of fused-ring (bicyclic) bond motifs is 1. The lowest BCUT2D eigenvalue weighted by Gasteiger charge is -2.28.